The van der Waals surface area contributed by atoms with Gasteiger partial charge >= 0.3 is 11.9 Å². The van der Waals surface area contributed by atoms with Crippen molar-refractivity contribution in [2.45, 2.75) is 0 Å². The minimum Gasteiger partial charge on any atom is -0.402 e. The Labute approximate surface area is 369 Å². The zero-order valence-electron chi connectivity index (χ0n) is 32.4. The molecule has 5 heterocycles. The van der Waals surface area contributed by atoms with Crippen LogP contribution in [0.2, 0.25) is 0 Å². The highest BCUT2D eigenvalue weighted by molar-refractivity contribution is 6.07. The lowest BCUT2D eigenvalue weighted by molar-refractivity contribution is 0.0746. The molecule has 70 heavy (non-hydrogen) atoms. The quantitative estimate of drug-likeness (QED) is 0.0787. The van der Waals surface area contributed by atoms with E-state index in [1.807, 2.05) is 9.97 Å². The summed E-state index contributed by atoms with van der Waals surface area (Å²) in [5, 5.41) is 0. The Bertz CT molecular complexity index is 3440. The minimum absolute atomic E-state index is 0.337. The number of carbonyl (C=O) groups excluding carboxylic acids is 2. The van der Waals surface area contributed by atoms with Gasteiger partial charge in [0, 0.05) is 22.2 Å². The molecule has 0 aliphatic carbocycles. The van der Waals surface area contributed by atoms with Crippen molar-refractivity contribution < 1.29 is 107 Å². The number of carbonyl (C=O) groups is 2. The number of halogens is 20. The SMILES string of the molecule is O=C1Oc2nc1c(-c1c(F)c(F)c(F)c(F)c1F)c1ccc([nH]1)c(-c1c(F)c(F)c(F)c(F)c1F)c1nc(c(-c3c(F)c(F)c(F)c(F)c3F)c3ccc([nH]3)c2-c2c(F)c(F)c(F)c(F)c2F)OC1=O. The van der Waals surface area contributed by atoms with Crippen LogP contribution in [0.1, 0.15) is 21.0 Å². The molecule has 0 saturated carbocycles. The van der Waals surface area contributed by atoms with Crippen LogP contribution in [0.25, 0.3) is 66.6 Å². The predicted octanol–water partition coefficient (Wildman–Crippen LogP) is 12.2. The van der Waals surface area contributed by atoms with E-state index in [2.05, 4.69) is 9.97 Å². The van der Waals surface area contributed by atoms with Gasteiger partial charge in [-0.05, 0) is 24.3 Å². The average Bonchev–Trinajstić information content (AvgIpc) is 4.17. The smallest absolute Gasteiger partial charge is 0.364 e. The molecule has 4 aromatic carbocycles. The molecule has 0 saturated heterocycles. The van der Waals surface area contributed by atoms with E-state index in [1.165, 1.54) is 0 Å². The molecule has 0 atom stereocenters. The van der Waals surface area contributed by atoms with E-state index in [0.717, 1.165) is 0 Å². The first-order valence-electron chi connectivity index (χ1n) is 18.2. The van der Waals surface area contributed by atoms with Crippen LogP contribution in [0.4, 0.5) is 87.8 Å². The van der Waals surface area contributed by atoms with Crippen molar-refractivity contribution in [2.24, 2.45) is 0 Å². The highest BCUT2D eigenvalue weighted by Gasteiger charge is 2.40. The molecule has 7 aromatic rings. The summed E-state index contributed by atoms with van der Waals surface area (Å²) >= 11 is 0. The number of aromatic nitrogens is 4. The molecule has 0 fully saturated rings. The number of aromatic amines is 2. The van der Waals surface area contributed by atoms with Crippen LogP contribution in [0.3, 0.4) is 0 Å². The van der Waals surface area contributed by atoms with Crippen molar-refractivity contribution in [3.63, 3.8) is 0 Å². The molecule has 2 N–H and O–H groups in total. The number of H-pyrrole nitrogens is 2. The third-order valence-electron chi connectivity index (χ3n) is 10.4. The highest BCUT2D eigenvalue weighted by atomic mass is 19.2. The van der Waals surface area contributed by atoms with Gasteiger partial charge in [0.1, 0.15) is 0 Å². The van der Waals surface area contributed by atoms with Gasteiger partial charge in [-0.2, -0.15) is 0 Å². The highest BCUT2D eigenvalue weighted by Crippen LogP contribution is 2.46. The first kappa shape index (κ1) is 46.6. The Morgan fingerprint density at radius 1 is 0.271 bits per heavy atom. The van der Waals surface area contributed by atoms with Gasteiger partial charge < -0.3 is 19.4 Å². The third kappa shape index (κ3) is 6.47. The molecule has 3 aromatic heterocycles. The lowest BCUT2D eigenvalue weighted by atomic mass is 10.0. The molecule has 0 spiro atoms. The summed E-state index contributed by atoms with van der Waals surface area (Å²) < 4.78 is 312. The number of fused-ring (bicyclic) bond motifs is 8. The number of hydrogen-bond donors (Lipinski definition) is 2. The van der Waals surface area contributed by atoms with E-state index in [4.69, 9.17) is 9.47 Å². The van der Waals surface area contributed by atoms with Crippen molar-refractivity contribution >= 4 is 34.0 Å². The number of nitrogens with zero attached hydrogens (tertiary/aromatic N) is 2. The average molecular weight is 1010 g/mol. The lowest BCUT2D eigenvalue weighted by Crippen LogP contribution is -2.09. The number of ether oxygens (including phenoxy) is 2. The molecule has 0 amide bonds. The Hall–Kier alpha value is -8.46. The first-order valence-corrected chi connectivity index (χ1v) is 18.2. The number of hydrogen-bond acceptors (Lipinski definition) is 6. The summed E-state index contributed by atoms with van der Waals surface area (Å²) in [6.07, 6.45) is 0. The Morgan fingerprint density at radius 2 is 0.457 bits per heavy atom. The van der Waals surface area contributed by atoms with Gasteiger partial charge in [0.05, 0.1) is 44.4 Å². The van der Waals surface area contributed by atoms with E-state index in [-0.39, 0.29) is 0 Å². The molecule has 8 nitrogen and oxygen atoms in total. The van der Waals surface area contributed by atoms with Crippen LogP contribution in [-0.2, 0) is 0 Å². The normalized spacial score (nSPS) is 12.6. The molecule has 2 aliphatic heterocycles. The van der Waals surface area contributed by atoms with Gasteiger partial charge in [-0.1, -0.05) is 0 Å². The topological polar surface area (TPSA) is 110 Å². The predicted molar refractivity (Wildman–Crippen MR) is 192 cm³/mol. The number of rotatable bonds is 4. The van der Waals surface area contributed by atoms with Gasteiger partial charge in [-0.3, -0.25) is 0 Å². The van der Waals surface area contributed by atoms with E-state index in [9.17, 15) is 62.3 Å². The fraction of sp³-hybridized carbons (Fsp3) is 0. The zero-order valence-corrected chi connectivity index (χ0v) is 32.4. The number of esters is 2. The molecule has 0 unspecified atom stereocenters. The maximum absolute atomic E-state index is 15.8. The van der Waals surface area contributed by atoms with Crippen molar-refractivity contribution in [3.8, 4) is 56.3 Å². The zero-order chi connectivity index (χ0) is 51.0. The molecular formula is C42H6F20N4O4. The van der Waals surface area contributed by atoms with Gasteiger partial charge in [-0.25, -0.2) is 107 Å². The van der Waals surface area contributed by atoms with Crippen molar-refractivity contribution in [2.75, 3.05) is 0 Å². The van der Waals surface area contributed by atoms with Gasteiger partial charge in [0.2, 0.25) is 35.0 Å². The second-order valence-electron chi connectivity index (χ2n) is 14.2. The monoisotopic (exact) mass is 1010 g/mol. The Morgan fingerprint density at radius 3 is 0.686 bits per heavy atom. The number of nitrogens with one attached hydrogen (secondary N) is 2. The second kappa shape index (κ2) is 16.1. The number of benzene rings is 4. The van der Waals surface area contributed by atoms with Crippen LogP contribution in [0, 0.1) is 116 Å². The van der Waals surface area contributed by atoms with E-state index in [0.29, 0.717) is 24.3 Å². The van der Waals surface area contributed by atoms with Gasteiger partial charge in [0.25, 0.3) is 0 Å². The summed E-state index contributed by atoms with van der Waals surface area (Å²) in [7, 11) is 0. The summed E-state index contributed by atoms with van der Waals surface area (Å²) in [6.45, 7) is 0. The lowest BCUT2D eigenvalue weighted by Gasteiger charge is -2.10. The second-order valence-corrected chi connectivity index (χ2v) is 14.2. The third-order valence-corrected chi connectivity index (χ3v) is 10.4. The van der Waals surface area contributed by atoms with Crippen LogP contribution in [-0.4, -0.2) is 31.9 Å². The van der Waals surface area contributed by atoms with Crippen LogP contribution in [0.15, 0.2) is 24.3 Å². The standard InChI is InChI=1S/C42H6F20N4O4/c43-17-13(18(44)26(52)33(59)25(17)51)9-5-1-2-6(63-5)10(14-19(45)27(53)34(60)28(54)20(14)46)38-42(68)70-40(66-38)12(16-23(49)31(57)36(62)32(58)24(16)50)8-4-3-7(64-8)11(39-65-37(9)41(67)69-39)15-21(47)29(55)35(61)30(56)22(15)48/h1-4,63-64H. The summed E-state index contributed by atoms with van der Waals surface area (Å²) in [6, 6.07) is 1.40. The Kier molecular flexibility index (Phi) is 10.7. The Balaban J connectivity index is 1.63. The van der Waals surface area contributed by atoms with E-state index < -0.39 is 218 Å². The van der Waals surface area contributed by atoms with Crippen molar-refractivity contribution in [1.82, 2.24) is 19.9 Å². The maximum Gasteiger partial charge on any atom is 0.364 e. The van der Waals surface area contributed by atoms with Crippen LogP contribution >= 0.6 is 0 Å². The molecular weight excluding hydrogens is 1000 g/mol. The molecule has 8 bridgehead atoms. The van der Waals surface area contributed by atoms with Gasteiger partial charge in [0.15, 0.2) is 104 Å². The molecule has 2 aliphatic rings. The first-order chi connectivity index (χ1) is 32.9. The summed E-state index contributed by atoms with van der Waals surface area (Å²) in [5.74, 6) is -64.4. The van der Waals surface area contributed by atoms with Crippen LogP contribution in [0.5, 0.6) is 11.8 Å². The maximum atomic E-state index is 15.8. The summed E-state index contributed by atoms with van der Waals surface area (Å²) in [5.41, 5.74) is -24.5. The molecule has 358 valence electrons. The fourth-order valence-electron chi connectivity index (χ4n) is 7.29. The molecule has 9 rings (SSSR count). The minimum atomic E-state index is -2.87. The summed E-state index contributed by atoms with van der Waals surface area (Å²) in [4.78, 5) is 38.4. The van der Waals surface area contributed by atoms with Gasteiger partial charge in [-0.15, -0.1) is 0 Å². The van der Waals surface area contributed by atoms with E-state index in [1.54, 1.807) is 0 Å². The van der Waals surface area contributed by atoms with Crippen molar-refractivity contribution in [1.29, 1.82) is 0 Å². The van der Waals surface area contributed by atoms with E-state index >= 15 is 35.1 Å². The molecule has 0 radical (unpaired) electrons. The largest absolute Gasteiger partial charge is 0.402 e. The van der Waals surface area contributed by atoms with Crippen molar-refractivity contribution in [3.05, 3.63) is 152 Å². The molecule has 28 heteroatoms. The fourth-order valence-corrected chi connectivity index (χ4v) is 7.29. The van der Waals surface area contributed by atoms with Crippen LogP contribution < -0.4 is 9.47 Å².